The van der Waals surface area contributed by atoms with Gasteiger partial charge in [0.25, 0.3) is 11.4 Å². The molecule has 0 spiro atoms. The minimum atomic E-state index is -2.61. The van der Waals surface area contributed by atoms with Gasteiger partial charge in [0.05, 0.1) is 0 Å². The van der Waals surface area contributed by atoms with Crippen LogP contribution in [0.3, 0.4) is 0 Å². The van der Waals surface area contributed by atoms with Crippen LogP contribution in [-0.2, 0) is 32.4 Å². The molecule has 0 bridgehead atoms. The smallest absolute Gasteiger partial charge is 0.299 e. The second-order valence-electron chi connectivity index (χ2n) is 0.231. The van der Waals surface area contributed by atoms with Gasteiger partial charge in [0.1, 0.15) is 0 Å². The van der Waals surface area contributed by atoms with E-state index in [0.717, 1.165) is 0 Å². The first-order valence-electron chi connectivity index (χ1n) is 0.532. The number of hydrogen-bond acceptors (Lipinski definition) is 2. The average Bonchev–Trinajstić information content (AvgIpc) is 0.811. The van der Waals surface area contributed by atoms with Crippen molar-refractivity contribution in [2.75, 3.05) is 0 Å². The summed E-state index contributed by atoms with van der Waals surface area (Å²) in [4.78, 5) is 0. The molecule has 6 heavy (non-hydrogen) atoms. The molecule has 0 aromatic carbocycles. The van der Waals surface area contributed by atoms with Gasteiger partial charge in [-0.1, -0.05) is 0 Å². The van der Waals surface area contributed by atoms with E-state index in [-0.39, 0.29) is 27.2 Å². The summed E-state index contributed by atoms with van der Waals surface area (Å²) in [5.74, 6) is 0. The summed E-state index contributed by atoms with van der Waals surface area (Å²) in [7, 11) is 0. The number of hydrogen-bond donors (Lipinski definition) is 3. The summed E-state index contributed by atoms with van der Waals surface area (Å²) >= 11 is -2.61. The Morgan fingerprint density at radius 3 is 1.33 bits per heavy atom. The van der Waals surface area contributed by atoms with Crippen molar-refractivity contribution in [1.29, 1.82) is 0 Å². The van der Waals surface area contributed by atoms with Crippen LogP contribution in [0.2, 0.25) is 0 Å². The van der Waals surface area contributed by atoms with E-state index in [1.165, 1.54) is 0 Å². The van der Waals surface area contributed by atoms with Gasteiger partial charge in [-0.2, -0.15) is 4.21 Å². The molecule has 0 aromatic rings. The van der Waals surface area contributed by atoms with E-state index in [1.807, 2.05) is 0 Å². The first kappa shape index (κ1) is 15.9. The predicted molar refractivity (Wildman–Crippen MR) is 18.4 cm³/mol. The Morgan fingerprint density at radius 1 is 1.33 bits per heavy atom. The maximum Gasteiger partial charge on any atom is 0.299 e. The molecule has 0 amide bonds. The Kier molecular flexibility index (Phi) is 24.4. The summed E-state index contributed by atoms with van der Waals surface area (Å²) < 4.78 is 22.8. The quantitative estimate of drug-likeness (QED) is 0.541. The fraction of sp³-hybridized carbons (Fsp3) is 0. The fourth-order valence-electron chi connectivity index (χ4n) is 0. The topological polar surface area (TPSA) is 92.5 Å². The summed E-state index contributed by atoms with van der Waals surface area (Å²) in [6.07, 6.45) is 0. The molecule has 6 heteroatoms. The molecule has 0 aromatic heterocycles. The van der Waals surface area contributed by atoms with Crippen LogP contribution >= 0.6 is 0 Å². The average molecular weight is 294 g/mol. The Bertz CT molecular complexity index is 33.8. The second kappa shape index (κ2) is 9.21. The molecule has 0 fully saturated rings. The van der Waals surface area contributed by atoms with E-state index in [0.29, 0.717) is 0 Å². The standard InChI is InChI=1S/H3N.H2O3S.Pt/c;1-4(2)3;/h1H3;(H2,1,2,3);. The van der Waals surface area contributed by atoms with Crippen molar-refractivity contribution in [2.24, 2.45) is 0 Å². The molecular weight excluding hydrogens is 289 g/mol. The fourth-order valence-corrected chi connectivity index (χ4v) is 0. The molecule has 0 saturated heterocycles. The largest absolute Gasteiger partial charge is 0.344 e. The first-order valence-corrected chi connectivity index (χ1v) is 1.60. The minimum absolute atomic E-state index is 0. The first-order chi connectivity index (χ1) is 1.73. The Hall–Kier alpha value is 0.718. The van der Waals surface area contributed by atoms with E-state index in [4.69, 9.17) is 13.3 Å². The van der Waals surface area contributed by atoms with Crippen LogP contribution in [0.15, 0.2) is 0 Å². The predicted octanol–water partition coefficient (Wildman–Crippen LogP) is -0.159. The van der Waals surface area contributed by atoms with Gasteiger partial charge in [0.15, 0.2) is 0 Å². The summed E-state index contributed by atoms with van der Waals surface area (Å²) in [5, 5.41) is 0. The second-order valence-corrected chi connectivity index (χ2v) is 0.692. The molecule has 0 radical (unpaired) electrons. The molecule has 5 N–H and O–H groups in total. The van der Waals surface area contributed by atoms with Crippen molar-refractivity contribution in [3.05, 3.63) is 0 Å². The van der Waals surface area contributed by atoms with Crippen LogP contribution in [0, 0.1) is 0 Å². The van der Waals surface area contributed by atoms with Gasteiger partial charge in [0.2, 0.25) is 0 Å². The molecule has 0 unspecified atom stereocenters. The van der Waals surface area contributed by atoms with E-state index >= 15 is 0 Å². The number of rotatable bonds is 0. The Morgan fingerprint density at radius 2 is 1.33 bits per heavy atom. The summed E-state index contributed by atoms with van der Waals surface area (Å²) in [6.45, 7) is 0. The molecular formula is H5NO3PtS. The molecule has 0 atom stereocenters. The molecule has 0 aliphatic carbocycles. The van der Waals surface area contributed by atoms with Crippen LogP contribution in [0.5, 0.6) is 0 Å². The monoisotopic (exact) mass is 294 g/mol. The normalized spacial score (nSPS) is 5.83. The van der Waals surface area contributed by atoms with Crippen molar-refractivity contribution in [3.8, 4) is 0 Å². The molecule has 0 saturated carbocycles. The van der Waals surface area contributed by atoms with Crippen molar-refractivity contribution in [1.82, 2.24) is 6.15 Å². The van der Waals surface area contributed by atoms with Crippen LogP contribution in [-0.4, -0.2) is 13.3 Å². The SMILES string of the molecule is N.O=S(O)O.[Pt]. The van der Waals surface area contributed by atoms with Gasteiger partial charge in [-0.3, -0.25) is 9.11 Å². The van der Waals surface area contributed by atoms with Gasteiger partial charge < -0.3 is 6.15 Å². The molecule has 0 rings (SSSR count). The zero-order valence-corrected chi connectivity index (χ0v) is 5.82. The van der Waals surface area contributed by atoms with Gasteiger partial charge in [-0.05, 0) is 0 Å². The minimum Gasteiger partial charge on any atom is -0.344 e. The third kappa shape index (κ3) is 126. The molecule has 44 valence electrons. The van der Waals surface area contributed by atoms with Gasteiger partial charge in [-0.15, -0.1) is 0 Å². The van der Waals surface area contributed by atoms with E-state index in [9.17, 15) is 0 Å². The van der Waals surface area contributed by atoms with E-state index < -0.39 is 11.4 Å². The summed E-state index contributed by atoms with van der Waals surface area (Å²) in [6, 6.07) is 0. The van der Waals surface area contributed by atoms with Crippen LogP contribution in [0.1, 0.15) is 0 Å². The summed E-state index contributed by atoms with van der Waals surface area (Å²) in [5.41, 5.74) is 0. The van der Waals surface area contributed by atoms with Crippen LogP contribution in [0.4, 0.5) is 0 Å². The molecule has 0 aliphatic heterocycles. The van der Waals surface area contributed by atoms with Crippen molar-refractivity contribution in [2.45, 2.75) is 0 Å². The van der Waals surface area contributed by atoms with Crippen molar-refractivity contribution < 1.29 is 34.4 Å². The van der Waals surface area contributed by atoms with Gasteiger partial charge in [0, 0.05) is 21.1 Å². The van der Waals surface area contributed by atoms with Crippen LogP contribution in [0.25, 0.3) is 0 Å². The maximum atomic E-state index is 8.67. The Balaban J connectivity index is -0.0000000450. The maximum absolute atomic E-state index is 8.67. The zero-order chi connectivity index (χ0) is 3.58. The molecule has 0 aliphatic rings. The van der Waals surface area contributed by atoms with E-state index in [1.54, 1.807) is 0 Å². The molecule has 4 nitrogen and oxygen atoms in total. The van der Waals surface area contributed by atoms with Gasteiger partial charge >= 0.3 is 0 Å². The third-order valence-corrected chi connectivity index (χ3v) is 0. The Labute approximate surface area is 52.3 Å². The van der Waals surface area contributed by atoms with E-state index in [2.05, 4.69) is 0 Å². The molecule has 0 heterocycles. The van der Waals surface area contributed by atoms with Crippen molar-refractivity contribution in [3.63, 3.8) is 0 Å². The van der Waals surface area contributed by atoms with Crippen molar-refractivity contribution >= 4 is 11.4 Å². The van der Waals surface area contributed by atoms with Gasteiger partial charge in [-0.25, -0.2) is 0 Å². The zero-order valence-electron chi connectivity index (χ0n) is 2.73. The van der Waals surface area contributed by atoms with Crippen LogP contribution < -0.4 is 6.15 Å². The third-order valence-electron chi connectivity index (χ3n) is 0.